The number of aryl methyl sites for hydroxylation is 1. The largest absolute Gasteiger partial charge is 0.337 e. The molecule has 226 valence electrons. The Labute approximate surface area is 263 Å². The molecule has 0 spiro atoms. The molecular formula is C29H24Cl2N6O5S2. The van der Waals surface area contributed by atoms with Crippen LogP contribution in [0.5, 0.6) is 0 Å². The summed E-state index contributed by atoms with van der Waals surface area (Å²) in [5.41, 5.74) is 2.72. The van der Waals surface area contributed by atoms with Crippen LogP contribution in [0.25, 0.3) is 11.0 Å². The maximum Gasteiger partial charge on any atom is 0.263 e. The first-order valence-electron chi connectivity index (χ1n) is 12.8. The molecule has 11 nitrogen and oxygen atoms in total. The summed E-state index contributed by atoms with van der Waals surface area (Å²) in [7, 11) is -8.10. The fraction of sp³-hybridized carbons (Fsp3) is 0.0690. The highest BCUT2D eigenvalue weighted by Crippen LogP contribution is 2.35. The first-order valence-corrected chi connectivity index (χ1v) is 16.6. The minimum absolute atomic E-state index is 0.0749. The van der Waals surface area contributed by atoms with Gasteiger partial charge in [-0.05, 0) is 67.6 Å². The van der Waals surface area contributed by atoms with Gasteiger partial charge in [-0.1, -0.05) is 53.0 Å². The SMILES string of the molecule is CC(=O)Nc1c(Cl)cc(S(=O)(=O)Nc2nc3ccccc3nc2Nc2ccc(NS(=O)(=O)c3ccc(C)cc3)cc2)cc1Cl. The van der Waals surface area contributed by atoms with Crippen molar-refractivity contribution in [2.45, 2.75) is 23.6 Å². The molecule has 0 saturated carbocycles. The third-order valence-corrected chi connectivity index (χ3v) is 9.47. The van der Waals surface area contributed by atoms with E-state index in [2.05, 4.69) is 30.0 Å². The fourth-order valence-corrected chi connectivity index (χ4v) is 6.87. The number of aromatic nitrogens is 2. The molecule has 5 aromatic rings. The Kier molecular flexibility index (Phi) is 8.66. The minimum Gasteiger partial charge on any atom is -0.337 e. The molecule has 15 heteroatoms. The predicted molar refractivity (Wildman–Crippen MR) is 173 cm³/mol. The zero-order valence-electron chi connectivity index (χ0n) is 23.1. The van der Waals surface area contributed by atoms with Crippen molar-refractivity contribution in [3.8, 4) is 0 Å². The number of nitrogens with one attached hydrogen (secondary N) is 4. The van der Waals surface area contributed by atoms with E-state index in [0.717, 1.165) is 17.7 Å². The lowest BCUT2D eigenvalue weighted by Crippen LogP contribution is -2.16. The van der Waals surface area contributed by atoms with Crippen LogP contribution in [0.15, 0.2) is 94.7 Å². The topological polar surface area (TPSA) is 159 Å². The summed E-state index contributed by atoms with van der Waals surface area (Å²) in [6, 6.07) is 22.0. The van der Waals surface area contributed by atoms with Crippen LogP contribution in [-0.4, -0.2) is 32.7 Å². The Balaban J connectivity index is 1.43. The van der Waals surface area contributed by atoms with Gasteiger partial charge in [0.2, 0.25) is 5.91 Å². The van der Waals surface area contributed by atoms with Gasteiger partial charge in [0.15, 0.2) is 11.6 Å². The van der Waals surface area contributed by atoms with Crippen LogP contribution < -0.4 is 20.1 Å². The van der Waals surface area contributed by atoms with E-state index in [0.29, 0.717) is 22.4 Å². The Morgan fingerprint density at radius 2 is 1.20 bits per heavy atom. The molecule has 1 amide bonds. The van der Waals surface area contributed by atoms with Gasteiger partial charge in [-0.25, -0.2) is 26.8 Å². The number of carbonyl (C=O) groups excluding carboxylic acids is 1. The number of halogens is 2. The number of carbonyl (C=O) groups is 1. The van der Waals surface area contributed by atoms with Crippen molar-refractivity contribution in [1.29, 1.82) is 0 Å². The van der Waals surface area contributed by atoms with E-state index < -0.39 is 26.0 Å². The van der Waals surface area contributed by atoms with Crippen molar-refractivity contribution in [2.75, 3.05) is 20.1 Å². The third-order valence-electron chi connectivity index (χ3n) is 6.16. The van der Waals surface area contributed by atoms with Crippen LogP contribution in [-0.2, 0) is 24.8 Å². The number of nitrogens with zero attached hydrogens (tertiary/aromatic N) is 2. The first-order chi connectivity index (χ1) is 20.8. The summed E-state index contributed by atoms with van der Waals surface area (Å²) in [4.78, 5) is 20.3. The molecule has 0 unspecified atom stereocenters. The molecule has 1 aromatic heterocycles. The number of anilines is 5. The number of hydrogen-bond acceptors (Lipinski definition) is 8. The maximum absolute atomic E-state index is 13.4. The van der Waals surface area contributed by atoms with Gasteiger partial charge in [-0.3, -0.25) is 14.2 Å². The zero-order valence-corrected chi connectivity index (χ0v) is 26.2. The fourth-order valence-electron chi connectivity index (χ4n) is 4.03. The van der Waals surface area contributed by atoms with E-state index in [1.165, 1.54) is 19.1 Å². The van der Waals surface area contributed by atoms with Crippen LogP contribution in [0, 0.1) is 6.92 Å². The lowest BCUT2D eigenvalue weighted by atomic mass is 10.2. The monoisotopic (exact) mass is 670 g/mol. The van der Waals surface area contributed by atoms with Crippen molar-refractivity contribution in [3.63, 3.8) is 0 Å². The average Bonchev–Trinajstić information content (AvgIpc) is 2.96. The summed E-state index contributed by atoms with van der Waals surface area (Å²) in [6.45, 7) is 3.13. The van der Waals surface area contributed by atoms with Crippen LogP contribution in [0.1, 0.15) is 12.5 Å². The number of para-hydroxylation sites is 2. The molecule has 4 N–H and O–H groups in total. The van der Waals surface area contributed by atoms with Crippen molar-refractivity contribution >= 4 is 88.9 Å². The van der Waals surface area contributed by atoms with Gasteiger partial charge < -0.3 is 10.6 Å². The molecule has 5 rings (SSSR count). The summed E-state index contributed by atoms with van der Waals surface area (Å²) < 4.78 is 57.3. The first kappa shape index (κ1) is 31.0. The molecular weight excluding hydrogens is 647 g/mol. The quantitative estimate of drug-likeness (QED) is 0.137. The maximum atomic E-state index is 13.4. The summed E-state index contributed by atoms with van der Waals surface area (Å²) >= 11 is 12.4. The van der Waals surface area contributed by atoms with E-state index in [-0.39, 0.29) is 37.2 Å². The molecule has 0 aliphatic carbocycles. The van der Waals surface area contributed by atoms with Crippen molar-refractivity contribution < 1.29 is 21.6 Å². The van der Waals surface area contributed by atoms with Crippen LogP contribution in [0.3, 0.4) is 0 Å². The molecule has 0 aliphatic rings. The smallest absolute Gasteiger partial charge is 0.263 e. The minimum atomic E-state index is -4.29. The predicted octanol–water partition coefficient (Wildman–Crippen LogP) is 6.55. The lowest BCUT2D eigenvalue weighted by Gasteiger charge is -2.15. The highest BCUT2D eigenvalue weighted by atomic mass is 35.5. The second kappa shape index (κ2) is 12.3. The van der Waals surface area contributed by atoms with Gasteiger partial charge in [0.1, 0.15) is 0 Å². The number of hydrogen-bond donors (Lipinski definition) is 4. The second-order valence-electron chi connectivity index (χ2n) is 9.58. The molecule has 0 radical (unpaired) electrons. The Morgan fingerprint density at radius 1 is 0.682 bits per heavy atom. The highest BCUT2D eigenvalue weighted by molar-refractivity contribution is 7.93. The van der Waals surface area contributed by atoms with Crippen LogP contribution in [0.4, 0.5) is 28.7 Å². The third kappa shape index (κ3) is 7.03. The van der Waals surface area contributed by atoms with Crippen molar-refractivity contribution in [2.24, 2.45) is 0 Å². The molecule has 1 heterocycles. The molecule has 0 aliphatic heterocycles. The van der Waals surface area contributed by atoms with Gasteiger partial charge in [0, 0.05) is 18.3 Å². The van der Waals surface area contributed by atoms with Gasteiger partial charge in [-0.2, -0.15) is 0 Å². The Morgan fingerprint density at radius 3 is 1.77 bits per heavy atom. The van der Waals surface area contributed by atoms with Crippen molar-refractivity contribution in [3.05, 3.63) is 101 Å². The lowest BCUT2D eigenvalue weighted by molar-refractivity contribution is -0.114. The van der Waals surface area contributed by atoms with Gasteiger partial charge in [0.25, 0.3) is 20.0 Å². The van der Waals surface area contributed by atoms with Gasteiger partial charge in [0.05, 0.1) is 36.6 Å². The Hall–Kier alpha value is -4.43. The zero-order chi connectivity index (χ0) is 31.6. The number of sulfonamides is 2. The molecule has 0 fully saturated rings. The molecule has 4 aromatic carbocycles. The summed E-state index contributed by atoms with van der Waals surface area (Å²) in [5, 5.41) is 5.36. The standard InChI is InChI=1S/C29H24Cl2N6O5S2/c1-17-7-13-21(14-8-17)43(39,40)36-20-11-9-19(10-12-20)33-28-29(35-26-6-4-3-5-25(26)34-28)37-44(41,42)22-15-23(30)27(24(31)16-22)32-18(2)38/h3-16,36H,1-2H3,(H,32,38)(H,33,34)(H,35,37). The number of amides is 1. The van der Waals surface area contributed by atoms with Gasteiger partial charge >= 0.3 is 0 Å². The normalized spacial score (nSPS) is 11.6. The van der Waals surface area contributed by atoms with Crippen LogP contribution in [0.2, 0.25) is 10.0 Å². The van der Waals surface area contributed by atoms with Crippen molar-refractivity contribution in [1.82, 2.24) is 9.97 Å². The van der Waals surface area contributed by atoms with Gasteiger partial charge in [-0.15, -0.1) is 0 Å². The second-order valence-corrected chi connectivity index (χ2v) is 13.8. The molecule has 0 atom stereocenters. The number of fused-ring (bicyclic) bond motifs is 1. The Bertz CT molecular complexity index is 2090. The number of rotatable bonds is 9. The highest BCUT2D eigenvalue weighted by Gasteiger charge is 2.22. The van der Waals surface area contributed by atoms with E-state index in [1.807, 2.05) is 6.92 Å². The number of benzene rings is 4. The van der Waals surface area contributed by atoms with E-state index in [9.17, 15) is 21.6 Å². The summed E-state index contributed by atoms with van der Waals surface area (Å²) in [6.07, 6.45) is 0. The van der Waals surface area contributed by atoms with E-state index >= 15 is 0 Å². The average molecular weight is 672 g/mol. The molecule has 44 heavy (non-hydrogen) atoms. The van der Waals surface area contributed by atoms with E-state index in [4.69, 9.17) is 23.2 Å². The summed E-state index contributed by atoms with van der Waals surface area (Å²) in [5.74, 6) is -0.472. The van der Waals surface area contributed by atoms with E-state index in [1.54, 1.807) is 60.7 Å². The molecule has 0 bridgehead atoms. The molecule has 0 saturated heterocycles. The van der Waals surface area contributed by atoms with Crippen LogP contribution >= 0.6 is 23.2 Å².